The van der Waals surface area contributed by atoms with Gasteiger partial charge in [-0.25, -0.2) is 14.6 Å². The average Bonchev–Trinajstić information content (AvgIpc) is 3.53. The van der Waals surface area contributed by atoms with Crippen LogP contribution in [0.4, 0.5) is 0 Å². The molecule has 0 aliphatic carbocycles. The highest BCUT2D eigenvalue weighted by atomic mass is 16.5. The van der Waals surface area contributed by atoms with Crippen molar-refractivity contribution in [1.82, 2.24) is 29.6 Å². The number of oxazole rings is 1. The number of nitrogens with zero attached hydrogens (tertiary/aromatic N) is 6. The van der Waals surface area contributed by atoms with Gasteiger partial charge in [-0.15, -0.1) is 0 Å². The molecule has 4 heterocycles. The van der Waals surface area contributed by atoms with Crippen molar-refractivity contribution in [2.75, 3.05) is 13.1 Å². The summed E-state index contributed by atoms with van der Waals surface area (Å²) in [4.78, 5) is 27.1. The van der Waals surface area contributed by atoms with Crippen LogP contribution < -0.4 is 4.74 Å². The zero-order valence-electron chi connectivity index (χ0n) is 15.5. The third-order valence-corrected chi connectivity index (χ3v) is 4.98. The van der Waals surface area contributed by atoms with Gasteiger partial charge in [-0.3, -0.25) is 9.78 Å². The summed E-state index contributed by atoms with van der Waals surface area (Å²) in [6, 6.07) is 9.71. The van der Waals surface area contributed by atoms with Gasteiger partial charge in [-0.05, 0) is 18.6 Å². The van der Waals surface area contributed by atoms with E-state index in [2.05, 4.69) is 20.1 Å². The van der Waals surface area contributed by atoms with Crippen LogP contribution in [0.3, 0.4) is 0 Å². The number of aromatic nitrogens is 5. The number of ether oxygens (including phenoxy) is 1. The molecule has 0 spiro atoms. The Morgan fingerprint density at radius 2 is 2.21 bits per heavy atom. The third-order valence-electron chi connectivity index (χ3n) is 4.98. The fraction of sp³-hybridized carbons (Fsp3) is 0.250. The van der Waals surface area contributed by atoms with E-state index < -0.39 is 0 Å². The van der Waals surface area contributed by atoms with Crippen LogP contribution in [0.5, 0.6) is 5.75 Å². The number of carbonyl (C=O) groups is 1. The number of amides is 1. The van der Waals surface area contributed by atoms with Crippen molar-refractivity contribution in [3.63, 3.8) is 0 Å². The van der Waals surface area contributed by atoms with E-state index >= 15 is 0 Å². The van der Waals surface area contributed by atoms with Gasteiger partial charge in [-0.2, -0.15) is 5.10 Å². The first-order valence-corrected chi connectivity index (χ1v) is 9.32. The zero-order chi connectivity index (χ0) is 19.6. The van der Waals surface area contributed by atoms with Crippen molar-refractivity contribution in [3.05, 3.63) is 67.0 Å². The maximum absolute atomic E-state index is 12.7. The van der Waals surface area contributed by atoms with Gasteiger partial charge in [0.05, 0.1) is 6.04 Å². The standard InChI is InChI=1S/C20H18N6O3/c27-20(25-8-6-15(9-25)26-13-21-12-23-26)16-10-29-18(24-16)11-28-17-5-1-3-14-4-2-7-22-19(14)17/h1-5,7,10,12-13,15H,6,8-9,11H2. The highest BCUT2D eigenvalue weighted by Gasteiger charge is 2.30. The Kier molecular flexibility index (Phi) is 4.39. The molecule has 0 radical (unpaired) electrons. The van der Waals surface area contributed by atoms with Crippen LogP contribution in [0.1, 0.15) is 28.8 Å². The summed E-state index contributed by atoms with van der Waals surface area (Å²) in [7, 11) is 0. The number of benzene rings is 1. The topological polar surface area (TPSA) is 99.2 Å². The summed E-state index contributed by atoms with van der Waals surface area (Å²) in [6.07, 6.45) is 7.11. The lowest BCUT2D eigenvalue weighted by Crippen LogP contribution is -2.29. The summed E-state index contributed by atoms with van der Waals surface area (Å²) < 4.78 is 13.1. The molecule has 1 aromatic carbocycles. The number of hydrogen-bond donors (Lipinski definition) is 0. The van der Waals surface area contributed by atoms with Crippen LogP contribution in [-0.2, 0) is 6.61 Å². The molecule has 1 unspecified atom stereocenters. The number of hydrogen-bond acceptors (Lipinski definition) is 7. The van der Waals surface area contributed by atoms with E-state index in [1.807, 2.05) is 30.3 Å². The van der Waals surface area contributed by atoms with Crippen molar-refractivity contribution in [1.29, 1.82) is 0 Å². The largest absolute Gasteiger partial charge is 0.482 e. The number of likely N-dealkylation sites (tertiary alicyclic amines) is 1. The van der Waals surface area contributed by atoms with Crippen LogP contribution in [0.2, 0.25) is 0 Å². The molecule has 9 nitrogen and oxygen atoms in total. The second-order valence-electron chi connectivity index (χ2n) is 6.82. The SMILES string of the molecule is O=C(c1coc(COc2cccc3cccnc23)n1)N1CCC(n2cncn2)C1. The van der Waals surface area contributed by atoms with Gasteiger partial charge in [0.1, 0.15) is 30.2 Å². The Morgan fingerprint density at radius 1 is 1.28 bits per heavy atom. The van der Waals surface area contributed by atoms with E-state index in [9.17, 15) is 4.79 Å². The van der Waals surface area contributed by atoms with Gasteiger partial charge >= 0.3 is 0 Å². The van der Waals surface area contributed by atoms with Gasteiger partial charge in [0.2, 0.25) is 5.89 Å². The van der Waals surface area contributed by atoms with E-state index in [1.165, 1.54) is 12.6 Å². The maximum atomic E-state index is 12.7. The molecular formula is C20H18N6O3. The summed E-state index contributed by atoms with van der Waals surface area (Å²) in [5.41, 5.74) is 1.05. The first-order chi connectivity index (χ1) is 14.3. The molecule has 3 aromatic heterocycles. The molecule has 146 valence electrons. The molecule has 1 aliphatic rings. The molecule has 1 aliphatic heterocycles. The van der Waals surface area contributed by atoms with Gasteiger partial charge in [0.15, 0.2) is 12.3 Å². The van der Waals surface area contributed by atoms with Gasteiger partial charge in [0, 0.05) is 24.7 Å². The summed E-state index contributed by atoms with van der Waals surface area (Å²) >= 11 is 0. The molecule has 1 fully saturated rings. The molecule has 9 heteroatoms. The van der Waals surface area contributed by atoms with Crippen molar-refractivity contribution >= 4 is 16.8 Å². The highest BCUT2D eigenvalue weighted by Crippen LogP contribution is 2.24. The predicted octanol–water partition coefficient (Wildman–Crippen LogP) is 2.48. The van der Waals surface area contributed by atoms with Crippen molar-refractivity contribution in [2.24, 2.45) is 0 Å². The van der Waals surface area contributed by atoms with Gasteiger partial charge < -0.3 is 14.1 Å². The number of rotatable bonds is 5. The Morgan fingerprint density at radius 3 is 3.10 bits per heavy atom. The van der Waals surface area contributed by atoms with Gasteiger partial charge in [-0.1, -0.05) is 18.2 Å². The fourth-order valence-corrected chi connectivity index (χ4v) is 3.52. The number of pyridine rings is 1. The molecule has 4 aromatic rings. The molecule has 0 saturated carbocycles. The lowest BCUT2D eigenvalue weighted by molar-refractivity contribution is 0.0781. The number of carbonyl (C=O) groups excluding carboxylic acids is 1. The summed E-state index contributed by atoms with van der Waals surface area (Å²) in [5, 5.41) is 5.15. The van der Waals surface area contributed by atoms with Crippen LogP contribution in [0.15, 0.2) is 59.9 Å². The van der Waals surface area contributed by atoms with Crippen LogP contribution in [0, 0.1) is 0 Å². The Labute approximate surface area is 166 Å². The Balaban J connectivity index is 1.24. The van der Waals surface area contributed by atoms with Crippen LogP contribution in [0.25, 0.3) is 10.9 Å². The lowest BCUT2D eigenvalue weighted by atomic mass is 10.2. The number of fused-ring (bicyclic) bond motifs is 1. The van der Waals surface area contributed by atoms with E-state index in [0.717, 1.165) is 17.3 Å². The molecule has 1 atom stereocenters. The van der Waals surface area contributed by atoms with E-state index in [1.54, 1.807) is 22.1 Å². The van der Waals surface area contributed by atoms with Crippen LogP contribution >= 0.6 is 0 Å². The molecule has 5 rings (SSSR count). The second kappa shape index (κ2) is 7.34. The van der Waals surface area contributed by atoms with Crippen molar-refractivity contribution < 1.29 is 13.9 Å². The third kappa shape index (κ3) is 3.42. The Bertz CT molecular complexity index is 1130. The molecule has 0 N–H and O–H groups in total. The quantitative estimate of drug-likeness (QED) is 0.516. The fourth-order valence-electron chi connectivity index (χ4n) is 3.52. The first-order valence-electron chi connectivity index (χ1n) is 9.32. The lowest BCUT2D eigenvalue weighted by Gasteiger charge is -2.14. The Hall–Kier alpha value is -3.75. The van der Waals surface area contributed by atoms with E-state index in [0.29, 0.717) is 24.7 Å². The highest BCUT2D eigenvalue weighted by molar-refractivity contribution is 5.92. The number of para-hydroxylation sites is 1. The average molecular weight is 390 g/mol. The normalized spacial score (nSPS) is 16.4. The van der Waals surface area contributed by atoms with Crippen molar-refractivity contribution in [2.45, 2.75) is 19.1 Å². The predicted molar refractivity (Wildman–Crippen MR) is 102 cm³/mol. The molecular weight excluding hydrogens is 372 g/mol. The maximum Gasteiger partial charge on any atom is 0.275 e. The first kappa shape index (κ1) is 17.4. The molecule has 29 heavy (non-hydrogen) atoms. The van der Waals surface area contributed by atoms with Gasteiger partial charge in [0.25, 0.3) is 5.91 Å². The second-order valence-corrected chi connectivity index (χ2v) is 6.82. The minimum atomic E-state index is -0.158. The zero-order valence-corrected chi connectivity index (χ0v) is 15.5. The van der Waals surface area contributed by atoms with Crippen molar-refractivity contribution in [3.8, 4) is 5.75 Å². The monoisotopic (exact) mass is 390 g/mol. The van der Waals surface area contributed by atoms with Crippen LogP contribution in [-0.4, -0.2) is 48.6 Å². The summed E-state index contributed by atoms with van der Waals surface area (Å²) in [5.74, 6) is 0.826. The summed E-state index contributed by atoms with van der Waals surface area (Å²) in [6.45, 7) is 1.33. The minimum Gasteiger partial charge on any atom is -0.482 e. The minimum absolute atomic E-state index is 0.116. The van der Waals surface area contributed by atoms with E-state index in [4.69, 9.17) is 9.15 Å². The molecule has 1 saturated heterocycles. The molecule has 0 bridgehead atoms. The smallest absolute Gasteiger partial charge is 0.275 e. The molecule has 1 amide bonds. The van der Waals surface area contributed by atoms with E-state index in [-0.39, 0.29) is 24.2 Å².